The molecule has 1 heterocycles. The summed E-state index contributed by atoms with van der Waals surface area (Å²) in [5, 5.41) is 20.3. The molecule has 0 saturated carbocycles. The molecule has 0 radical (unpaired) electrons. The van der Waals surface area contributed by atoms with E-state index in [0.717, 1.165) is 37.9 Å². The van der Waals surface area contributed by atoms with Crippen molar-refractivity contribution >= 4 is 21.9 Å². The molecule has 1 aliphatic carbocycles. The molecule has 166 valence electrons. The Bertz CT molecular complexity index is 1470. The van der Waals surface area contributed by atoms with Gasteiger partial charge in [0.15, 0.2) is 0 Å². The molecule has 1 aliphatic rings. The quantitative estimate of drug-likeness (QED) is 0.314. The number of rotatable bonds is 3. The van der Waals surface area contributed by atoms with Crippen LogP contribution in [-0.4, -0.2) is 16.1 Å². The largest absolute Gasteiger partial charge is 0.507 e. The van der Waals surface area contributed by atoms with Crippen LogP contribution in [0.25, 0.3) is 33.5 Å². The molecule has 0 saturated heterocycles. The molecule has 0 fully saturated rings. The number of aromatic nitrogens is 1. The number of nitrogens with zero attached hydrogens (tertiary/aromatic N) is 2. The molecular weight excluding hydrogens is 492 g/mol. The van der Waals surface area contributed by atoms with E-state index in [0.29, 0.717) is 23.2 Å². The second kappa shape index (κ2) is 8.77. The first kappa shape index (κ1) is 21.9. The van der Waals surface area contributed by atoms with E-state index >= 15 is 0 Å². The number of nitriles is 1. The number of phenolic OH excluding ortho intramolecular Hbond substituents is 1. The van der Waals surface area contributed by atoms with Gasteiger partial charge in [-0.1, -0.05) is 52.3 Å². The average molecular weight is 511 g/mol. The number of carbonyl (C=O) groups excluding carboxylic acids is 1. The highest BCUT2D eigenvalue weighted by Crippen LogP contribution is 2.50. The van der Waals surface area contributed by atoms with Crippen molar-refractivity contribution in [3.63, 3.8) is 0 Å². The van der Waals surface area contributed by atoms with E-state index in [2.05, 4.69) is 27.0 Å². The summed E-state index contributed by atoms with van der Waals surface area (Å²) < 4.78 is 6.78. The second-order valence-electron chi connectivity index (χ2n) is 8.10. The molecular formula is C28H19BrN2O3. The minimum absolute atomic E-state index is 0.116. The zero-order chi connectivity index (χ0) is 23.8. The third-order valence-electron chi connectivity index (χ3n) is 6.01. The van der Waals surface area contributed by atoms with Crippen LogP contribution in [0.2, 0.25) is 0 Å². The Morgan fingerprint density at radius 3 is 2.59 bits per heavy atom. The maximum Gasteiger partial charge on any atom is 0.303 e. The highest BCUT2D eigenvalue weighted by Gasteiger charge is 2.33. The number of benzene rings is 3. The number of phenols is 1. The molecule has 5 rings (SSSR count). The van der Waals surface area contributed by atoms with Crippen molar-refractivity contribution in [1.82, 2.24) is 4.98 Å². The van der Waals surface area contributed by atoms with E-state index < -0.39 is 12.1 Å². The molecule has 5 nitrogen and oxygen atoms in total. The van der Waals surface area contributed by atoms with Crippen molar-refractivity contribution < 1.29 is 14.6 Å². The van der Waals surface area contributed by atoms with E-state index in [1.165, 1.54) is 6.92 Å². The van der Waals surface area contributed by atoms with E-state index in [1.807, 2.05) is 48.5 Å². The van der Waals surface area contributed by atoms with Crippen molar-refractivity contribution in [2.24, 2.45) is 0 Å². The zero-order valence-electron chi connectivity index (χ0n) is 18.2. The summed E-state index contributed by atoms with van der Waals surface area (Å²) in [6, 6.07) is 22.8. The molecule has 0 spiro atoms. The molecule has 3 aromatic carbocycles. The Labute approximate surface area is 205 Å². The summed E-state index contributed by atoms with van der Waals surface area (Å²) in [5.74, 6) is -0.281. The highest BCUT2D eigenvalue weighted by atomic mass is 79.9. The van der Waals surface area contributed by atoms with Crippen LogP contribution in [0.3, 0.4) is 0 Å². The molecule has 6 heteroatoms. The van der Waals surface area contributed by atoms with Gasteiger partial charge in [-0.3, -0.25) is 9.78 Å². The van der Waals surface area contributed by atoms with Gasteiger partial charge in [-0.2, -0.15) is 5.26 Å². The smallest absolute Gasteiger partial charge is 0.303 e. The fourth-order valence-corrected chi connectivity index (χ4v) is 4.89. The number of aromatic hydroxyl groups is 1. The Morgan fingerprint density at radius 1 is 1.09 bits per heavy atom. The third kappa shape index (κ3) is 3.85. The van der Waals surface area contributed by atoms with E-state index in [-0.39, 0.29) is 5.75 Å². The Balaban J connectivity index is 1.78. The van der Waals surface area contributed by atoms with Crippen molar-refractivity contribution in [2.75, 3.05) is 0 Å². The number of fused-ring (bicyclic) bond motifs is 3. The summed E-state index contributed by atoms with van der Waals surface area (Å²) in [5.41, 5.74) is 7.05. The number of hydrogen-bond donors (Lipinski definition) is 1. The van der Waals surface area contributed by atoms with Crippen LogP contribution < -0.4 is 0 Å². The molecule has 4 aromatic rings. The first-order valence-corrected chi connectivity index (χ1v) is 11.5. The second-order valence-corrected chi connectivity index (χ2v) is 9.02. The van der Waals surface area contributed by atoms with Crippen molar-refractivity contribution in [2.45, 2.75) is 19.4 Å². The minimum Gasteiger partial charge on any atom is -0.507 e. The van der Waals surface area contributed by atoms with Crippen LogP contribution in [0.5, 0.6) is 5.75 Å². The normalized spacial score (nSPS) is 14.0. The van der Waals surface area contributed by atoms with Gasteiger partial charge in [0, 0.05) is 40.7 Å². The highest BCUT2D eigenvalue weighted by molar-refractivity contribution is 9.10. The number of esters is 1. The number of pyridine rings is 1. The van der Waals surface area contributed by atoms with Gasteiger partial charge in [-0.05, 0) is 52.6 Å². The van der Waals surface area contributed by atoms with E-state index in [9.17, 15) is 15.2 Å². The predicted molar refractivity (Wildman–Crippen MR) is 133 cm³/mol. The van der Waals surface area contributed by atoms with Crippen molar-refractivity contribution in [3.8, 4) is 45.3 Å². The van der Waals surface area contributed by atoms with E-state index in [4.69, 9.17) is 4.74 Å². The molecule has 1 aromatic heterocycles. The lowest BCUT2D eigenvalue weighted by molar-refractivity contribution is -0.146. The van der Waals surface area contributed by atoms with Crippen LogP contribution in [0, 0.1) is 11.3 Å². The lowest BCUT2D eigenvalue weighted by Gasteiger charge is -2.31. The first-order chi connectivity index (χ1) is 16.5. The van der Waals surface area contributed by atoms with Gasteiger partial charge >= 0.3 is 5.97 Å². The lowest BCUT2D eigenvalue weighted by atomic mass is 9.77. The first-order valence-electron chi connectivity index (χ1n) is 10.7. The van der Waals surface area contributed by atoms with Crippen molar-refractivity contribution in [3.05, 3.63) is 94.1 Å². The summed E-state index contributed by atoms with van der Waals surface area (Å²) in [6.07, 6.45) is 1.44. The molecule has 1 unspecified atom stereocenters. The van der Waals surface area contributed by atoms with Crippen LogP contribution in [-0.2, 0) is 16.0 Å². The Morgan fingerprint density at radius 2 is 1.85 bits per heavy atom. The average Bonchev–Trinajstić information content (AvgIpc) is 2.84. The third-order valence-corrected chi connectivity index (χ3v) is 6.54. The van der Waals surface area contributed by atoms with Gasteiger partial charge in [-0.25, -0.2) is 0 Å². The summed E-state index contributed by atoms with van der Waals surface area (Å²) >= 11 is 3.48. The molecule has 1 atom stereocenters. The Kier molecular flexibility index (Phi) is 5.64. The van der Waals surface area contributed by atoms with Crippen LogP contribution in [0.1, 0.15) is 29.7 Å². The summed E-state index contributed by atoms with van der Waals surface area (Å²) in [4.78, 5) is 16.6. The standard InChI is InChI=1S/C28H19BrN2O3/c1-16(32)34-26-14-23-21(24-13-17(15-30)11-12-31-24)3-2-4-22(23)27-25(33)10-9-20(28(26)27)18-5-7-19(29)8-6-18/h2-13,26,33H,14H2,1H3. The number of carbonyl (C=O) groups is 1. The van der Waals surface area contributed by atoms with Gasteiger partial charge in [-0.15, -0.1) is 0 Å². The van der Waals surface area contributed by atoms with Crippen LogP contribution >= 0.6 is 15.9 Å². The zero-order valence-corrected chi connectivity index (χ0v) is 19.8. The number of halogens is 1. The van der Waals surface area contributed by atoms with Crippen molar-refractivity contribution in [1.29, 1.82) is 5.26 Å². The molecule has 0 bridgehead atoms. The molecule has 0 aliphatic heterocycles. The fourth-order valence-electron chi connectivity index (χ4n) is 4.62. The maximum absolute atomic E-state index is 12.1. The SMILES string of the molecule is CC(=O)OC1Cc2c(-c3cc(C#N)ccn3)cccc2-c2c(O)ccc(-c3ccc(Br)cc3)c21. The van der Waals surface area contributed by atoms with Crippen LogP contribution in [0.15, 0.2) is 77.4 Å². The minimum atomic E-state index is -0.592. The van der Waals surface area contributed by atoms with Gasteiger partial charge < -0.3 is 9.84 Å². The molecule has 1 N–H and O–H groups in total. The summed E-state index contributed by atoms with van der Waals surface area (Å²) in [7, 11) is 0. The van der Waals surface area contributed by atoms with Gasteiger partial charge in [0.25, 0.3) is 0 Å². The Hall–Kier alpha value is -3.95. The maximum atomic E-state index is 12.1. The lowest BCUT2D eigenvalue weighted by Crippen LogP contribution is -2.18. The number of ether oxygens (including phenoxy) is 1. The van der Waals surface area contributed by atoms with Gasteiger partial charge in [0.1, 0.15) is 11.9 Å². The topological polar surface area (TPSA) is 83.2 Å². The molecule has 34 heavy (non-hydrogen) atoms. The summed E-state index contributed by atoms with van der Waals surface area (Å²) in [6.45, 7) is 1.39. The van der Waals surface area contributed by atoms with Gasteiger partial charge in [0.05, 0.1) is 17.3 Å². The molecule has 0 amide bonds. The predicted octanol–water partition coefficient (Wildman–Crippen LogP) is 6.58. The van der Waals surface area contributed by atoms with Crippen LogP contribution in [0.4, 0.5) is 0 Å². The monoisotopic (exact) mass is 510 g/mol. The van der Waals surface area contributed by atoms with Gasteiger partial charge in [0.2, 0.25) is 0 Å². The fraction of sp³-hybridized carbons (Fsp3) is 0.107. The van der Waals surface area contributed by atoms with E-state index in [1.54, 1.807) is 24.4 Å². The number of hydrogen-bond acceptors (Lipinski definition) is 5.